The maximum Gasteiger partial charge on any atom is 0.472 e. The lowest BCUT2D eigenvalue weighted by molar-refractivity contribution is -0.220. The van der Waals surface area contributed by atoms with Gasteiger partial charge in [-0.1, -0.05) is 138 Å². The van der Waals surface area contributed by atoms with Gasteiger partial charge in [0.1, 0.15) is 43.2 Å². The second-order valence-electron chi connectivity index (χ2n) is 15.5. The molecule has 1 saturated carbocycles. The Bertz CT molecular complexity index is 1340. The highest BCUT2D eigenvalue weighted by Gasteiger charge is 2.51. The highest BCUT2D eigenvalue weighted by atomic mass is 31.2. The molecule has 14 heteroatoms. The number of phosphoric ester groups is 1. The SMILES string of the molecule is CC/C=C\C/C=C\C/C=C\C/C=C\C/C=C\CCCC(=O)OC(COC(=O)CCCCCCC/C=C\CCCCCCCC)COP(=O)(O)OC1C(O)C(O)C(O)C(O)C1O. The van der Waals surface area contributed by atoms with E-state index in [0.717, 1.165) is 70.6 Å². The van der Waals surface area contributed by atoms with Gasteiger partial charge in [0.2, 0.25) is 0 Å². The van der Waals surface area contributed by atoms with Gasteiger partial charge in [0.25, 0.3) is 0 Å². The molecule has 1 rings (SSSR count). The van der Waals surface area contributed by atoms with Crippen LogP contribution < -0.4 is 0 Å². The Balaban J connectivity index is 2.53. The van der Waals surface area contributed by atoms with Crippen molar-refractivity contribution in [3.63, 3.8) is 0 Å². The summed E-state index contributed by atoms with van der Waals surface area (Å²) in [5, 5.41) is 50.1. The minimum atomic E-state index is -5.14. The van der Waals surface area contributed by atoms with Gasteiger partial charge in [0, 0.05) is 12.8 Å². The summed E-state index contributed by atoms with van der Waals surface area (Å²) in [6, 6.07) is 0. The third-order valence-electron chi connectivity index (χ3n) is 10.0. The highest BCUT2D eigenvalue weighted by Crippen LogP contribution is 2.47. The van der Waals surface area contributed by atoms with Crippen molar-refractivity contribution in [1.82, 2.24) is 0 Å². The molecule has 0 amide bonds. The number of rotatable bonds is 36. The molecule has 1 aliphatic rings. The zero-order valence-corrected chi connectivity index (χ0v) is 37.8. The molecule has 6 atom stereocenters. The Hall–Kier alpha value is -2.71. The number of carbonyl (C=O) groups is 2. The molecule has 0 aromatic heterocycles. The second-order valence-corrected chi connectivity index (χ2v) is 16.9. The number of hydrogen-bond acceptors (Lipinski definition) is 12. The number of unbranched alkanes of at least 4 members (excludes halogenated alkanes) is 12. The van der Waals surface area contributed by atoms with Crippen LogP contribution in [0.25, 0.3) is 0 Å². The van der Waals surface area contributed by atoms with E-state index in [9.17, 15) is 44.6 Å². The number of aliphatic hydroxyl groups excluding tert-OH is 5. The van der Waals surface area contributed by atoms with Crippen molar-refractivity contribution in [1.29, 1.82) is 0 Å². The molecule has 350 valence electrons. The standard InChI is InChI=1S/C47H79O13P/c1-3-5-7-9-11-13-15-17-19-20-22-24-26-28-30-32-34-36-41(49)59-39(38-58-61(55,56)60-47-45(53)43(51)42(50)44(52)46(47)54)37-57-40(48)35-33-31-29-27-25-23-21-18-16-14-12-10-8-6-4-2/h5,7,11,13,17-19,21-22,24,28,30,39,42-47,50-54H,3-4,6,8-10,12,14-16,20,23,25-27,29,31-38H2,1-2H3,(H,55,56)/b7-5-,13-11-,19-17-,21-18-,24-22-,30-28-. The van der Waals surface area contributed by atoms with Crippen LogP contribution in [0.3, 0.4) is 0 Å². The summed E-state index contributed by atoms with van der Waals surface area (Å²) < 4.78 is 33.4. The molecule has 0 saturated heterocycles. The number of allylic oxidation sites excluding steroid dienone is 12. The van der Waals surface area contributed by atoms with Crippen LogP contribution in [0.15, 0.2) is 72.9 Å². The number of esters is 2. The predicted molar refractivity (Wildman–Crippen MR) is 239 cm³/mol. The van der Waals surface area contributed by atoms with Crippen molar-refractivity contribution in [3.05, 3.63) is 72.9 Å². The van der Waals surface area contributed by atoms with E-state index < -0.39 is 75.7 Å². The molecule has 1 fully saturated rings. The van der Waals surface area contributed by atoms with E-state index in [0.29, 0.717) is 19.3 Å². The summed E-state index contributed by atoms with van der Waals surface area (Å²) in [5.74, 6) is -1.18. The smallest absolute Gasteiger partial charge is 0.462 e. The van der Waals surface area contributed by atoms with Crippen LogP contribution in [0.5, 0.6) is 0 Å². The fourth-order valence-corrected chi connectivity index (χ4v) is 7.35. The molecule has 1 aliphatic carbocycles. The normalized spacial score (nSPS) is 22.7. The highest BCUT2D eigenvalue weighted by molar-refractivity contribution is 7.47. The average Bonchev–Trinajstić information content (AvgIpc) is 3.24. The van der Waals surface area contributed by atoms with Gasteiger partial charge in [-0.2, -0.15) is 0 Å². The molecule has 0 heterocycles. The van der Waals surface area contributed by atoms with Gasteiger partial charge in [-0.3, -0.25) is 18.6 Å². The van der Waals surface area contributed by atoms with Gasteiger partial charge < -0.3 is 39.9 Å². The van der Waals surface area contributed by atoms with Crippen LogP contribution in [-0.4, -0.2) is 98.3 Å². The first kappa shape index (κ1) is 56.3. The van der Waals surface area contributed by atoms with E-state index in [2.05, 4.69) is 74.6 Å². The van der Waals surface area contributed by atoms with E-state index >= 15 is 0 Å². The summed E-state index contributed by atoms with van der Waals surface area (Å²) in [6.45, 7) is 3.11. The molecule has 0 bridgehead atoms. The Morgan fingerprint density at radius 3 is 1.49 bits per heavy atom. The fraction of sp³-hybridized carbons (Fsp3) is 0.702. The van der Waals surface area contributed by atoms with Gasteiger partial charge >= 0.3 is 19.8 Å². The van der Waals surface area contributed by atoms with Crippen LogP contribution in [0.4, 0.5) is 0 Å². The molecule has 13 nitrogen and oxygen atoms in total. The molecular formula is C47H79O13P. The van der Waals surface area contributed by atoms with Crippen molar-refractivity contribution >= 4 is 19.8 Å². The summed E-state index contributed by atoms with van der Waals surface area (Å²) >= 11 is 0. The quantitative estimate of drug-likeness (QED) is 0.0151. The number of phosphoric acid groups is 1. The summed E-state index contributed by atoms with van der Waals surface area (Å²) in [5.41, 5.74) is 0. The maximum absolute atomic E-state index is 12.8. The Morgan fingerprint density at radius 2 is 0.951 bits per heavy atom. The largest absolute Gasteiger partial charge is 0.472 e. The maximum atomic E-state index is 12.8. The third kappa shape index (κ3) is 29.3. The molecule has 0 spiro atoms. The molecule has 0 aromatic carbocycles. The molecule has 0 aromatic rings. The Morgan fingerprint density at radius 1 is 0.525 bits per heavy atom. The minimum Gasteiger partial charge on any atom is -0.462 e. The average molecular weight is 883 g/mol. The van der Waals surface area contributed by atoms with Crippen molar-refractivity contribution in [3.8, 4) is 0 Å². The molecule has 0 radical (unpaired) electrons. The summed E-state index contributed by atoms with van der Waals surface area (Å²) in [7, 11) is -5.14. The first-order valence-electron chi connectivity index (χ1n) is 22.7. The van der Waals surface area contributed by atoms with Crippen molar-refractivity contribution < 1.29 is 63.1 Å². The monoisotopic (exact) mass is 883 g/mol. The van der Waals surface area contributed by atoms with Crippen LogP contribution in [0, 0.1) is 0 Å². The third-order valence-corrected chi connectivity index (χ3v) is 11.0. The lowest BCUT2D eigenvalue weighted by Crippen LogP contribution is -2.64. The minimum absolute atomic E-state index is 0.0134. The topological polar surface area (TPSA) is 210 Å². The van der Waals surface area contributed by atoms with E-state index in [4.69, 9.17) is 18.5 Å². The van der Waals surface area contributed by atoms with E-state index in [1.165, 1.54) is 38.5 Å². The van der Waals surface area contributed by atoms with Gasteiger partial charge in [-0.25, -0.2) is 4.57 Å². The fourth-order valence-electron chi connectivity index (χ4n) is 6.37. The lowest BCUT2D eigenvalue weighted by atomic mass is 9.85. The number of hydrogen-bond donors (Lipinski definition) is 6. The Labute approximate surface area is 365 Å². The second kappa shape index (κ2) is 36.7. The van der Waals surface area contributed by atoms with Crippen LogP contribution in [-0.2, 0) is 32.7 Å². The Kier molecular flexibility index (Phi) is 33.9. The van der Waals surface area contributed by atoms with E-state index in [1.54, 1.807) is 0 Å². The van der Waals surface area contributed by atoms with Gasteiger partial charge in [-0.05, 0) is 77.0 Å². The van der Waals surface area contributed by atoms with Crippen molar-refractivity contribution in [2.45, 2.75) is 198 Å². The lowest BCUT2D eigenvalue weighted by Gasteiger charge is -2.41. The van der Waals surface area contributed by atoms with Crippen LogP contribution in [0.1, 0.15) is 155 Å². The molecular weight excluding hydrogens is 803 g/mol. The van der Waals surface area contributed by atoms with Crippen LogP contribution >= 0.6 is 7.82 Å². The first-order chi connectivity index (χ1) is 29.4. The van der Waals surface area contributed by atoms with Crippen molar-refractivity contribution in [2.75, 3.05) is 13.2 Å². The number of ether oxygens (including phenoxy) is 2. The van der Waals surface area contributed by atoms with E-state index in [1.807, 2.05) is 12.2 Å². The zero-order chi connectivity index (χ0) is 45.0. The van der Waals surface area contributed by atoms with Gasteiger partial charge in [-0.15, -0.1) is 0 Å². The summed E-state index contributed by atoms with van der Waals surface area (Å²) in [4.78, 5) is 35.7. The van der Waals surface area contributed by atoms with Gasteiger partial charge in [0.05, 0.1) is 6.61 Å². The zero-order valence-electron chi connectivity index (χ0n) is 36.9. The van der Waals surface area contributed by atoms with Crippen molar-refractivity contribution in [2.24, 2.45) is 0 Å². The van der Waals surface area contributed by atoms with Crippen LogP contribution in [0.2, 0.25) is 0 Å². The number of carbonyl (C=O) groups excluding carboxylic acids is 2. The summed E-state index contributed by atoms with van der Waals surface area (Å²) in [6.07, 6.45) is 32.5. The van der Waals surface area contributed by atoms with Gasteiger partial charge in [0.15, 0.2) is 6.10 Å². The first-order valence-corrected chi connectivity index (χ1v) is 24.2. The molecule has 6 N–H and O–H groups in total. The molecule has 61 heavy (non-hydrogen) atoms. The predicted octanol–water partition coefficient (Wildman–Crippen LogP) is 8.72. The molecule has 0 aliphatic heterocycles. The molecule has 6 unspecified atom stereocenters. The number of aliphatic hydroxyl groups is 5. The van der Waals surface area contributed by atoms with E-state index in [-0.39, 0.29) is 12.8 Å².